The van der Waals surface area contributed by atoms with Crippen molar-refractivity contribution < 1.29 is 19.4 Å². The van der Waals surface area contributed by atoms with E-state index in [1.807, 2.05) is 0 Å². The lowest BCUT2D eigenvalue weighted by Gasteiger charge is -2.44. The molecule has 4 nitrogen and oxygen atoms in total. The number of ether oxygens (including phenoxy) is 2. The Labute approximate surface area is 166 Å². The highest BCUT2D eigenvalue weighted by Gasteiger charge is 2.48. The molecular weight excluding hydrogens is 340 g/mol. The quantitative estimate of drug-likeness (QED) is 0.422. The molecule has 0 amide bonds. The molecule has 0 spiro atoms. The Morgan fingerprint density at radius 1 is 0.815 bits per heavy atom. The molecule has 2 saturated carbocycles. The monoisotopic (exact) mass is 382 g/mol. The molecule has 1 N–H and O–H groups in total. The standard InChI is InChI=1S/C23H42O4/c1-3-5-7-17-26-20-11-9-19(10-12-20)23(22(24)25)15-13-21(14-16-23)27-18-8-6-4-2/h19-21H,3-18H2,1-2H3,(H,24,25). The van der Waals surface area contributed by atoms with Crippen LogP contribution in [0.25, 0.3) is 0 Å². The summed E-state index contributed by atoms with van der Waals surface area (Å²) in [5.41, 5.74) is -0.517. The van der Waals surface area contributed by atoms with Gasteiger partial charge in [0.2, 0.25) is 0 Å². The van der Waals surface area contributed by atoms with Gasteiger partial charge in [-0.2, -0.15) is 0 Å². The van der Waals surface area contributed by atoms with Gasteiger partial charge in [0.1, 0.15) is 0 Å². The number of hydrogen-bond donors (Lipinski definition) is 1. The lowest BCUT2D eigenvalue weighted by Crippen LogP contribution is -2.45. The van der Waals surface area contributed by atoms with E-state index in [2.05, 4.69) is 13.8 Å². The number of unbranched alkanes of at least 4 members (excludes halogenated alkanes) is 4. The van der Waals surface area contributed by atoms with Gasteiger partial charge in [0.25, 0.3) is 0 Å². The maximum absolute atomic E-state index is 12.2. The molecule has 0 aliphatic heterocycles. The molecule has 4 heteroatoms. The summed E-state index contributed by atoms with van der Waals surface area (Å²) in [7, 11) is 0. The third-order valence-corrected chi connectivity index (χ3v) is 6.91. The van der Waals surface area contributed by atoms with E-state index >= 15 is 0 Å². The van der Waals surface area contributed by atoms with E-state index in [1.165, 1.54) is 25.7 Å². The molecule has 158 valence electrons. The zero-order valence-corrected chi connectivity index (χ0v) is 17.7. The smallest absolute Gasteiger partial charge is 0.309 e. The molecule has 0 aromatic heterocycles. The van der Waals surface area contributed by atoms with Crippen LogP contribution < -0.4 is 0 Å². The molecule has 0 radical (unpaired) electrons. The maximum atomic E-state index is 12.2. The molecule has 0 saturated heterocycles. The number of hydrogen-bond acceptors (Lipinski definition) is 3. The van der Waals surface area contributed by atoms with Crippen LogP contribution in [0, 0.1) is 11.3 Å². The van der Waals surface area contributed by atoms with E-state index in [9.17, 15) is 9.90 Å². The second-order valence-corrected chi connectivity index (χ2v) is 8.79. The Hall–Kier alpha value is -0.610. The first-order chi connectivity index (χ1) is 13.1. The van der Waals surface area contributed by atoms with Crippen molar-refractivity contribution in [3.63, 3.8) is 0 Å². The minimum Gasteiger partial charge on any atom is -0.481 e. The van der Waals surface area contributed by atoms with Gasteiger partial charge in [-0.15, -0.1) is 0 Å². The number of carboxylic acids is 1. The molecule has 2 aliphatic carbocycles. The summed E-state index contributed by atoms with van der Waals surface area (Å²) in [5, 5.41) is 10.1. The van der Waals surface area contributed by atoms with Gasteiger partial charge in [-0.05, 0) is 70.1 Å². The van der Waals surface area contributed by atoms with Crippen LogP contribution in [0.15, 0.2) is 0 Å². The summed E-state index contributed by atoms with van der Waals surface area (Å²) >= 11 is 0. The molecule has 0 atom stereocenters. The minimum atomic E-state index is -0.570. The Balaban J connectivity index is 1.76. The highest BCUT2D eigenvalue weighted by molar-refractivity contribution is 5.75. The van der Waals surface area contributed by atoms with Crippen LogP contribution in [0.5, 0.6) is 0 Å². The average Bonchev–Trinajstić information content (AvgIpc) is 2.69. The van der Waals surface area contributed by atoms with Crippen molar-refractivity contribution in [2.45, 2.75) is 116 Å². The van der Waals surface area contributed by atoms with Gasteiger partial charge < -0.3 is 14.6 Å². The van der Waals surface area contributed by atoms with E-state index in [0.717, 1.165) is 77.4 Å². The Bertz CT molecular complexity index is 407. The Morgan fingerprint density at radius 2 is 1.30 bits per heavy atom. The van der Waals surface area contributed by atoms with Crippen molar-refractivity contribution in [2.24, 2.45) is 11.3 Å². The molecule has 0 unspecified atom stereocenters. The van der Waals surface area contributed by atoms with E-state index in [4.69, 9.17) is 9.47 Å². The summed E-state index contributed by atoms with van der Waals surface area (Å²) < 4.78 is 12.0. The topological polar surface area (TPSA) is 55.8 Å². The zero-order valence-electron chi connectivity index (χ0n) is 17.7. The third kappa shape index (κ3) is 6.74. The predicted octanol–water partition coefficient (Wildman–Crippen LogP) is 5.97. The summed E-state index contributed by atoms with van der Waals surface area (Å²) in [5.74, 6) is -0.259. The van der Waals surface area contributed by atoms with Crippen molar-refractivity contribution in [1.82, 2.24) is 0 Å². The second kappa shape index (κ2) is 12.1. The molecule has 2 fully saturated rings. The van der Waals surface area contributed by atoms with Crippen LogP contribution in [0.3, 0.4) is 0 Å². The summed E-state index contributed by atoms with van der Waals surface area (Å²) in [6, 6.07) is 0. The van der Waals surface area contributed by atoms with Crippen molar-refractivity contribution in [2.75, 3.05) is 13.2 Å². The lowest BCUT2D eigenvalue weighted by molar-refractivity contribution is -0.160. The lowest BCUT2D eigenvalue weighted by atomic mass is 9.61. The largest absolute Gasteiger partial charge is 0.481 e. The van der Waals surface area contributed by atoms with Crippen LogP contribution in [0.2, 0.25) is 0 Å². The van der Waals surface area contributed by atoms with E-state index < -0.39 is 11.4 Å². The normalized spacial score (nSPS) is 31.7. The van der Waals surface area contributed by atoms with Gasteiger partial charge in [-0.3, -0.25) is 4.79 Å². The molecule has 0 heterocycles. The van der Waals surface area contributed by atoms with Crippen LogP contribution in [-0.2, 0) is 14.3 Å². The Morgan fingerprint density at radius 3 is 1.74 bits per heavy atom. The maximum Gasteiger partial charge on any atom is 0.309 e. The molecule has 27 heavy (non-hydrogen) atoms. The number of carboxylic acid groups (broad SMARTS) is 1. The average molecular weight is 383 g/mol. The van der Waals surface area contributed by atoms with E-state index in [1.54, 1.807) is 0 Å². The molecule has 0 aromatic rings. The van der Waals surface area contributed by atoms with E-state index in [-0.39, 0.29) is 6.10 Å². The molecule has 2 aliphatic rings. The summed E-state index contributed by atoms with van der Waals surface area (Å²) in [6.45, 7) is 6.11. The van der Waals surface area contributed by atoms with Crippen LogP contribution in [0.1, 0.15) is 104 Å². The molecular formula is C23H42O4. The van der Waals surface area contributed by atoms with Gasteiger partial charge >= 0.3 is 5.97 Å². The first-order valence-electron chi connectivity index (χ1n) is 11.6. The number of carbonyl (C=O) groups is 1. The van der Waals surface area contributed by atoms with Crippen molar-refractivity contribution >= 4 is 5.97 Å². The van der Waals surface area contributed by atoms with Crippen molar-refractivity contribution in [3.8, 4) is 0 Å². The van der Waals surface area contributed by atoms with Gasteiger partial charge in [-0.25, -0.2) is 0 Å². The minimum absolute atomic E-state index is 0.271. The fraction of sp³-hybridized carbons (Fsp3) is 0.957. The highest BCUT2D eigenvalue weighted by atomic mass is 16.5. The van der Waals surface area contributed by atoms with Gasteiger partial charge in [0.15, 0.2) is 0 Å². The van der Waals surface area contributed by atoms with E-state index in [0.29, 0.717) is 12.0 Å². The fourth-order valence-corrected chi connectivity index (χ4v) is 5.06. The zero-order chi connectivity index (χ0) is 19.5. The van der Waals surface area contributed by atoms with Crippen LogP contribution in [-0.4, -0.2) is 36.5 Å². The summed E-state index contributed by atoms with van der Waals surface area (Å²) in [6.07, 6.45) is 15.2. The van der Waals surface area contributed by atoms with Gasteiger partial charge in [-0.1, -0.05) is 39.5 Å². The third-order valence-electron chi connectivity index (χ3n) is 6.91. The van der Waals surface area contributed by atoms with Crippen molar-refractivity contribution in [1.29, 1.82) is 0 Å². The highest BCUT2D eigenvalue weighted by Crippen LogP contribution is 2.49. The summed E-state index contributed by atoms with van der Waals surface area (Å²) in [4.78, 5) is 12.2. The molecule has 2 rings (SSSR count). The predicted molar refractivity (Wildman–Crippen MR) is 109 cm³/mol. The SMILES string of the molecule is CCCCCOC1CCC(C2(C(=O)O)CCC(OCCCCC)CC2)CC1. The fourth-order valence-electron chi connectivity index (χ4n) is 5.06. The molecule has 0 bridgehead atoms. The first kappa shape index (κ1) is 22.7. The van der Waals surface area contributed by atoms with Gasteiger partial charge in [0, 0.05) is 13.2 Å². The molecule has 0 aromatic carbocycles. The first-order valence-corrected chi connectivity index (χ1v) is 11.6. The second-order valence-electron chi connectivity index (χ2n) is 8.79. The van der Waals surface area contributed by atoms with Crippen molar-refractivity contribution in [3.05, 3.63) is 0 Å². The number of aliphatic carboxylic acids is 1. The van der Waals surface area contributed by atoms with Crippen LogP contribution in [0.4, 0.5) is 0 Å². The van der Waals surface area contributed by atoms with Gasteiger partial charge in [0.05, 0.1) is 17.6 Å². The Kier molecular flexibility index (Phi) is 10.1. The number of rotatable bonds is 12. The van der Waals surface area contributed by atoms with Crippen LogP contribution >= 0.6 is 0 Å².